The Labute approximate surface area is 107 Å². The molecule has 18 heavy (non-hydrogen) atoms. The highest BCUT2D eigenvalue weighted by Crippen LogP contribution is 2.24. The fraction of sp³-hybridized carbons (Fsp3) is 0.833. The predicted molar refractivity (Wildman–Crippen MR) is 65.9 cm³/mol. The number of nitrogens with zero attached hydrogens (tertiary/aromatic N) is 1. The van der Waals surface area contributed by atoms with Crippen LogP contribution in [0, 0.1) is 0 Å². The van der Waals surface area contributed by atoms with Gasteiger partial charge >= 0.3 is 0 Å². The number of rotatable bonds is 5. The Morgan fingerprint density at radius 3 is 2.83 bits per heavy atom. The average molecular weight is 258 g/mol. The first-order chi connectivity index (χ1) is 8.50. The van der Waals surface area contributed by atoms with Gasteiger partial charge in [0.2, 0.25) is 11.8 Å². The SMILES string of the molecule is CNC(=O)CC1(O)CCCN(C(=O)CCOC)C1. The van der Waals surface area contributed by atoms with Crippen LogP contribution in [0.4, 0.5) is 0 Å². The van der Waals surface area contributed by atoms with Crippen molar-refractivity contribution in [1.29, 1.82) is 0 Å². The molecule has 0 spiro atoms. The van der Waals surface area contributed by atoms with Crippen LogP contribution in [-0.2, 0) is 14.3 Å². The second-order valence-electron chi connectivity index (χ2n) is 4.74. The number of aliphatic hydroxyl groups is 1. The summed E-state index contributed by atoms with van der Waals surface area (Å²) in [7, 11) is 3.08. The fourth-order valence-corrected chi connectivity index (χ4v) is 2.20. The molecule has 2 N–H and O–H groups in total. The zero-order chi connectivity index (χ0) is 13.6. The molecule has 1 aliphatic rings. The van der Waals surface area contributed by atoms with Gasteiger partial charge in [0, 0.05) is 27.2 Å². The first-order valence-corrected chi connectivity index (χ1v) is 6.20. The van der Waals surface area contributed by atoms with Crippen LogP contribution < -0.4 is 5.32 Å². The van der Waals surface area contributed by atoms with Crippen LogP contribution >= 0.6 is 0 Å². The van der Waals surface area contributed by atoms with Crippen molar-refractivity contribution in [3.63, 3.8) is 0 Å². The molecule has 1 saturated heterocycles. The van der Waals surface area contributed by atoms with Crippen LogP contribution in [0.5, 0.6) is 0 Å². The second-order valence-corrected chi connectivity index (χ2v) is 4.74. The van der Waals surface area contributed by atoms with Crippen molar-refractivity contribution in [2.75, 3.05) is 33.9 Å². The number of carbonyl (C=O) groups is 2. The number of hydrogen-bond donors (Lipinski definition) is 2. The molecular formula is C12H22N2O4. The Balaban J connectivity index is 2.54. The average Bonchev–Trinajstić information content (AvgIpc) is 2.35. The molecule has 0 aromatic heterocycles. The first-order valence-electron chi connectivity index (χ1n) is 6.20. The minimum atomic E-state index is -1.10. The zero-order valence-electron chi connectivity index (χ0n) is 11.1. The van der Waals surface area contributed by atoms with Crippen molar-refractivity contribution in [2.24, 2.45) is 0 Å². The molecule has 1 heterocycles. The summed E-state index contributed by atoms with van der Waals surface area (Å²) in [5, 5.41) is 12.8. The molecule has 1 aliphatic heterocycles. The number of ether oxygens (including phenoxy) is 1. The molecule has 0 aromatic carbocycles. The van der Waals surface area contributed by atoms with E-state index in [1.165, 1.54) is 7.05 Å². The topological polar surface area (TPSA) is 78.9 Å². The summed E-state index contributed by atoms with van der Waals surface area (Å²) in [5.41, 5.74) is -1.10. The Kier molecular flexibility index (Phi) is 5.55. The normalized spacial score (nSPS) is 23.8. The smallest absolute Gasteiger partial charge is 0.224 e. The monoisotopic (exact) mass is 258 g/mol. The van der Waals surface area contributed by atoms with E-state index >= 15 is 0 Å². The predicted octanol–water partition coefficient (Wildman–Crippen LogP) is -0.488. The summed E-state index contributed by atoms with van der Waals surface area (Å²) in [6, 6.07) is 0. The Morgan fingerprint density at radius 2 is 2.22 bits per heavy atom. The van der Waals surface area contributed by atoms with E-state index in [-0.39, 0.29) is 24.8 Å². The number of nitrogens with one attached hydrogen (secondary N) is 1. The molecule has 6 heteroatoms. The van der Waals surface area contributed by atoms with E-state index in [4.69, 9.17) is 4.74 Å². The highest BCUT2D eigenvalue weighted by atomic mass is 16.5. The van der Waals surface area contributed by atoms with E-state index in [1.807, 2.05) is 0 Å². The van der Waals surface area contributed by atoms with Gasteiger partial charge in [-0.1, -0.05) is 0 Å². The zero-order valence-corrected chi connectivity index (χ0v) is 11.1. The maximum atomic E-state index is 11.8. The summed E-state index contributed by atoms with van der Waals surface area (Å²) >= 11 is 0. The number of β-amino-alcohol motifs (C(OH)–C–C–N with tert-alkyl or cyclic N) is 1. The standard InChI is InChI=1S/C12H22N2O4/c1-13-10(15)8-12(17)5-3-6-14(9-12)11(16)4-7-18-2/h17H,3-9H2,1-2H3,(H,13,15). The Hall–Kier alpha value is -1.14. The minimum absolute atomic E-state index is 0.0353. The quantitative estimate of drug-likeness (QED) is 0.697. The van der Waals surface area contributed by atoms with E-state index in [2.05, 4.69) is 5.32 Å². The second kappa shape index (κ2) is 6.70. The van der Waals surface area contributed by atoms with Crippen molar-refractivity contribution < 1.29 is 19.4 Å². The number of likely N-dealkylation sites (tertiary alicyclic amines) is 1. The van der Waals surface area contributed by atoms with E-state index in [1.54, 1.807) is 12.0 Å². The molecule has 0 saturated carbocycles. The lowest BCUT2D eigenvalue weighted by atomic mass is 9.89. The minimum Gasteiger partial charge on any atom is -0.388 e. The maximum absolute atomic E-state index is 11.8. The van der Waals surface area contributed by atoms with Crippen molar-refractivity contribution in [3.05, 3.63) is 0 Å². The van der Waals surface area contributed by atoms with Crippen molar-refractivity contribution in [3.8, 4) is 0 Å². The van der Waals surface area contributed by atoms with Gasteiger partial charge in [0.1, 0.15) is 0 Å². The van der Waals surface area contributed by atoms with Gasteiger partial charge < -0.3 is 20.1 Å². The van der Waals surface area contributed by atoms with E-state index in [0.29, 0.717) is 32.4 Å². The molecule has 0 bridgehead atoms. The molecule has 1 rings (SSSR count). The molecule has 0 aromatic rings. The van der Waals surface area contributed by atoms with E-state index in [9.17, 15) is 14.7 Å². The summed E-state index contributed by atoms with van der Waals surface area (Å²) in [5.74, 6) is -0.240. The molecule has 1 unspecified atom stereocenters. The van der Waals surface area contributed by atoms with Gasteiger partial charge in [-0.15, -0.1) is 0 Å². The molecule has 2 amide bonds. The molecule has 0 aliphatic carbocycles. The molecule has 0 radical (unpaired) electrons. The fourth-order valence-electron chi connectivity index (χ4n) is 2.20. The molecule has 6 nitrogen and oxygen atoms in total. The first kappa shape index (κ1) is 14.9. The van der Waals surface area contributed by atoms with E-state index in [0.717, 1.165) is 0 Å². The van der Waals surface area contributed by atoms with Crippen LogP contribution in [0.2, 0.25) is 0 Å². The highest BCUT2D eigenvalue weighted by molar-refractivity contribution is 5.78. The summed E-state index contributed by atoms with van der Waals surface area (Å²) in [4.78, 5) is 24.8. The number of carbonyl (C=O) groups excluding carboxylic acids is 2. The van der Waals surface area contributed by atoms with Crippen LogP contribution in [0.15, 0.2) is 0 Å². The largest absolute Gasteiger partial charge is 0.388 e. The van der Waals surface area contributed by atoms with Crippen molar-refractivity contribution >= 4 is 11.8 Å². The summed E-state index contributed by atoms with van der Waals surface area (Å²) in [6.45, 7) is 1.24. The Bertz CT molecular complexity index is 308. The molecule has 1 fully saturated rings. The third kappa shape index (κ3) is 4.27. The Morgan fingerprint density at radius 1 is 1.50 bits per heavy atom. The molecule has 104 valence electrons. The third-order valence-corrected chi connectivity index (χ3v) is 3.20. The number of methoxy groups -OCH3 is 1. The van der Waals surface area contributed by atoms with Crippen LogP contribution in [0.1, 0.15) is 25.7 Å². The van der Waals surface area contributed by atoms with Gasteiger partial charge in [0.05, 0.1) is 25.0 Å². The van der Waals surface area contributed by atoms with Crippen LogP contribution in [0.25, 0.3) is 0 Å². The van der Waals surface area contributed by atoms with Gasteiger partial charge in [-0.25, -0.2) is 0 Å². The van der Waals surface area contributed by atoms with Gasteiger partial charge in [-0.2, -0.15) is 0 Å². The lowest BCUT2D eigenvalue weighted by Gasteiger charge is -2.38. The highest BCUT2D eigenvalue weighted by Gasteiger charge is 2.36. The van der Waals surface area contributed by atoms with Crippen molar-refractivity contribution in [2.45, 2.75) is 31.3 Å². The maximum Gasteiger partial charge on any atom is 0.224 e. The number of hydrogen-bond acceptors (Lipinski definition) is 4. The number of amides is 2. The molecular weight excluding hydrogens is 236 g/mol. The number of piperidine rings is 1. The summed E-state index contributed by atoms with van der Waals surface area (Å²) < 4.78 is 4.86. The van der Waals surface area contributed by atoms with Crippen molar-refractivity contribution in [1.82, 2.24) is 10.2 Å². The van der Waals surface area contributed by atoms with Gasteiger partial charge in [0.25, 0.3) is 0 Å². The van der Waals surface area contributed by atoms with Gasteiger partial charge in [0.15, 0.2) is 0 Å². The lowest BCUT2D eigenvalue weighted by Crippen LogP contribution is -2.52. The van der Waals surface area contributed by atoms with Gasteiger partial charge in [-0.3, -0.25) is 9.59 Å². The summed E-state index contributed by atoms with van der Waals surface area (Å²) in [6.07, 6.45) is 1.62. The van der Waals surface area contributed by atoms with E-state index < -0.39 is 5.60 Å². The third-order valence-electron chi connectivity index (χ3n) is 3.20. The van der Waals surface area contributed by atoms with Crippen LogP contribution in [-0.4, -0.2) is 61.3 Å². The van der Waals surface area contributed by atoms with Gasteiger partial charge in [-0.05, 0) is 12.8 Å². The molecule has 1 atom stereocenters. The van der Waals surface area contributed by atoms with Crippen LogP contribution in [0.3, 0.4) is 0 Å². The lowest BCUT2D eigenvalue weighted by molar-refractivity contribution is -0.143.